The van der Waals surface area contributed by atoms with Crippen LogP contribution in [0.4, 0.5) is 9.57 Å². The number of halogens is 2. The number of amides is 1. The van der Waals surface area contributed by atoms with Crippen molar-refractivity contribution in [2.75, 3.05) is 17.2 Å². The van der Waals surface area contributed by atoms with Crippen LogP contribution in [0.2, 0.25) is 0 Å². The number of hydrogen-bond acceptors (Lipinski definition) is 3. The van der Waals surface area contributed by atoms with E-state index in [1.54, 1.807) is 4.90 Å². The number of rotatable bonds is 4. The summed E-state index contributed by atoms with van der Waals surface area (Å²) in [6, 6.07) is 5.59. The van der Waals surface area contributed by atoms with Gasteiger partial charge in [-0.1, -0.05) is 22.9 Å². The van der Waals surface area contributed by atoms with Gasteiger partial charge in [0.25, 0.3) is 0 Å². The van der Waals surface area contributed by atoms with Crippen molar-refractivity contribution in [1.29, 1.82) is 0 Å². The molecule has 0 aliphatic carbocycles. The number of anilines is 1. The first-order chi connectivity index (χ1) is 9.30. The van der Waals surface area contributed by atoms with Gasteiger partial charge in [-0.3, -0.25) is 4.79 Å². The number of benzene rings is 1. The standard InChI is InChI=1S/C13H15BrFNO3S/c1-2-10-6-11(14)3-4-12(10)16-7-9(5-13(16)17)8-20(15,18)19/h3-4,6,9H,2,5,7-8H2,1H3. The average molecular weight is 364 g/mol. The van der Waals surface area contributed by atoms with Gasteiger partial charge in [0, 0.05) is 29.0 Å². The minimum atomic E-state index is -4.55. The van der Waals surface area contributed by atoms with Crippen LogP contribution in [-0.2, 0) is 21.4 Å². The summed E-state index contributed by atoms with van der Waals surface area (Å²) in [5.41, 5.74) is 1.77. The molecule has 0 bridgehead atoms. The molecule has 20 heavy (non-hydrogen) atoms. The van der Waals surface area contributed by atoms with Crippen molar-refractivity contribution in [3.8, 4) is 0 Å². The fraction of sp³-hybridized carbons (Fsp3) is 0.462. The Morgan fingerprint density at radius 2 is 2.15 bits per heavy atom. The predicted molar refractivity (Wildman–Crippen MR) is 78.9 cm³/mol. The van der Waals surface area contributed by atoms with Gasteiger partial charge in [0.05, 0.1) is 5.75 Å². The minimum Gasteiger partial charge on any atom is -0.312 e. The second-order valence-corrected chi connectivity index (χ2v) is 7.23. The lowest BCUT2D eigenvalue weighted by molar-refractivity contribution is -0.117. The zero-order valence-electron chi connectivity index (χ0n) is 11.0. The van der Waals surface area contributed by atoms with Gasteiger partial charge >= 0.3 is 10.2 Å². The van der Waals surface area contributed by atoms with E-state index in [9.17, 15) is 17.1 Å². The molecule has 1 aromatic rings. The van der Waals surface area contributed by atoms with Gasteiger partial charge in [-0.05, 0) is 30.2 Å². The van der Waals surface area contributed by atoms with Crippen LogP contribution in [0, 0.1) is 5.92 Å². The molecular formula is C13H15BrFNO3S. The number of carbonyl (C=O) groups is 1. The summed E-state index contributed by atoms with van der Waals surface area (Å²) in [6.07, 6.45) is 0.826. The van der Waals surface area contributed by atoms with Gasteiger partial charge in [-0.2, -0.15) is 8.42 Å². The third-order valence-corrected chi connectivity index (χ3v) is 4.72. The Bertz CT molecular complexity index is 633. The Kier molecular flexibility index (Phi) is 4.49. The van der Waals surface area contributed by atoms with Crippen molar-refractivity contribution < 1.29 is 17.1 Å². The summed E-state index contributed by atoms with van der Waals surface area (Å²) in [4.78, 5) is 13.6. The van der Waals surface area contributed by atoms with Crippen LogP contribution in [0.25, 0.3) is 0 Å². The maximum atomic E-state index is 12.7. The van der Waals surface area contributed by atoms with E-state index in [4.69, 9.17) is 0 Å². The molecule has 0 N–H and O–H groups in total. The Hall–Kier alpha value is -0.950. The molecule has 1 heterocycles. The molecule has 1 fully saturated rings. The highest BCUT2D eigenvalue weighted by atomic mass is 79.9. The fourth-order valence-corrected chi connectivity index (χ4v) is 3.70. The van der Waals surface area contributed by atoms with E-state index in [1.807, 2.05) is 25.1 Å². The van der Waals surface area contributed by atoms with E-state index >= 15 is 0 Å². The van der Waals surface area contributed by atoms with Crippen molar-refractivity contribution in [2.45, 2.75) is 19.8 Å². The fourth-order valence-electron chi connectivity index (χ4n) is 2.51. The molecule has 0 saturated carbocycles. The second-order valence-electron chi connectivity index (χ2n) is 4.91. The normalized spacial score (nSPS) is 19.6. The highest BCUT2D eigenvalue weighted by Gasteiger charge is 2.34. The first-order valence-corrected chi connectivity index (χ1v) is 8.66. The second kappa shape index (κ2) is 5.81. The summed E-state index contributed by atoms with van der Waals surface area (Å²) in [5.74, 6) is -1.23. The quantitative estimate of drug-likeness (QED) is 0.772. The van der Waals surface area contributed by atoms with E-state index in [-0.39, 0.29) is 18.9 Å². The molecule has 1 aliphatic heterocycles. The summed E-state index contributed by atoms with van der Waals surface area (Å²) in [7, 11) is -4.55. The summed E-state index contributed by atoms with van der Waals surface area (Å²) in [5, 5.41) is 0. The summed E-state index contributed by atoms with van der Waals surface area (Å²) >= 11 is 3.38. The molecular weight excluding hydrogens is 349 g/mol. The van der Waals surface area contributed by atoms with Crippen molar-refractivity contribution in [1.82, 2.24) is 0 Å². The molecule has 1 unspecified atom stereocenters. The van der Waals surface area contributed by atoms with Gasteiger partial charge < -0.3 is 4.90 Å². The smallest absolute Gasteiger partial charge is 0.302 e. The lowest BCUT2D eigenvalue weighted by Gasteiger charge is -2.20. The lowest BCUT2D eigenvalue weighted by atomic mass is 10.1. The topological polar surface area (TPSA) is 54.5 Å². The van der Waals surface area contributed by atoms with Crippen molar-refractivity contribution >= 4 is 37.7 Å². The van der Waals surface area contributed by atoms with Gasteiger partial charge in [0.1, 0.15) is 0 Å². The lowest BCUT2D eigenvalue weighted by Crippen LogP contribution is -2.26. The van der Waals surface area contributed by atoms with Crippen molar-refractivity contribution in [3.05, 3.63) is 28.2 Å². The van der Waals surface area contributed by atoms with Crippen LogP contribution in [0.3, 0.4) is 0 Å². The Balaban J connectivity index is 2.24. The zero-order valence-corrected chi connectivity index (χ0v) is 13.4. The van der Waals surface area contributed by atoms with Gasteiger partial charge in [0.2, 0.25) is 5.91 Å². The SMILES string of the molecule is CCc1cc(Br)ccc1N1CC(CS(=O)(=O)F)CC1=O. The molecule has 110 valence electrons. The molecule has 1 saturated heterocycles. The maximum absolute atomic E-state index is 12.7. The molecule has 2 rings (SSSR count). The van der Waals surface area contributed by atoms with Crippen LogP contribution in [-0.4, -0.2) is 26.6 Å². The average Bonchev–Trinajstić information content (AvgIpc) is 2.67. The first-order valence-electron chi connectivity index (χ1n) is 6.31. The van der Waals surface area contributed by atoms with Crippen LogP contribution in [0.1, 0.15) is 18.9 Å². The van der Waals surface area contributed by atoms with Crippen LogP contribution in [0.15, 0.2) is 22.7 Å². The van der Waals surface area contributed by atoms with E-state index in [0.717, 1.165) is 22.1 Å². The predicted octanol–water partition coefficient (Wildman–Crippen LogP) is 2.66. The number of aryl methyl sites for hydroxylation is 1. The first kappa shape index (κ1) is 15.4. The van der Waals surface area contributed by atoms with E-state index < -0.39 is 21.9 Å². The van der Waals surface area contributed by atoms with Crippen LogP contribution >= 0.6 is 15.9 Å². The molecule has 7 heteroatoms. The Morgan fingerprint density at radius 1 is 1.45 bits per heavy atom. The summed E-state index contributed by atoms with van der Waals surface area (Å²) in [6.45, 7) is 2.23. The van der Waals surface area contributed by atoms with E-state index in [1.165, 1.54) is 0 Å². The van der Waals surface area contributed by atoms with Gasteiger partial charge in [-0.15, -0.1) is 3.89 Å². The third-order valence-electron chi connectivity index (χ3n) is 3.35. The molecule has 4 nitrogen and oxygen atoms in total. The largest absolute Gasteiger partial charge is 0.312 e. The third kappa shape index (κ3) is 3.58. The van der Waals surface area contributed by atoms with Crippen LogP contribution in [0.5, 0.6) is 0 Å². The van der Waals surface area contributed by atoms with Crippen LogP contribution < -0.4 is 4.90 Å². The molecule has 1 aromatic carbocycles. The number of carbonyl (C=O) groups excluding carboxylic acids is 1. The van der Waals surface area contributed by atoms with Gasteiger partial charge in [-0.25, -0.2) is 0 Å². The molecule has 0 aromatic heterocycles. The molecule has 0 spiro atoms. The summed E-state index contributed by atoms with van der Waals surface area (Å²) < 4.78 is 35.1. The monoisotopic (exact) mass is 363 g/mol. The van der Waals surface area contributed by atoms with Crippen molar-refractivity contribution in [2.24, 2.45) is 5.92 Å². The molecule has 1 aliphatic rings. The van der Waals surface area contributed by atoms with E-state index in [0.29, 0.717) is 0 Å². The van der Waals surface area contributed by atoms with Crippen molar-refractivity contribution in [3.63, 3.8) is 0 Å². The Labute approximate surface area is 126 Å². The molecule has 1 amide bonds. The zero-order chi connectivity index (χ0) is 14.9. The maximum Gasteiger partial charge on any atom is 0.302 e. The van der Waals surface area contributed by atoms with Gasteiger partial charge in [0.15, 0.2) is 0 Å². The molecule has 0 radical (unpaired) electrons. The number of nitrogens with zero attached hydrogens (tertiary/aromatic N) is 1. The minimum absolute atomic E-state index is 0.0718. The van der Waals surface area contributed by atoms with E-state index in [2.05, 4.69) is 15.9 Å². The number of hydrogen-bond donors (Lipinski definition) is 0. The molecule has 1 atom stereocenters. The highest BCUT2D eigenvalue weighted by Crippen LogP contribution is 2.31. The highest BCUT2D eigenvalue weighted by molar-refractivity contribution is 9.10. The Morgan fingerprint density at radius 3 is 2.75 bits per heavy atom.